The van der Waals surface area contributed by atoms with Gasteiger partial charge in [0.1, 0.15) is 0 Å². The van der Waals surface area contributed by atoms with Crippen LogP contribution in [0, 0.1) is 0 Å². The Morgan fingerprint density at radius 2 is 2.26 bits per heavy atom. The molecule has 0 aromatic carbocycles. The molecule has 19 heavy (non-hydrogen) atoms. The minimum absolute atomic E-state index is 0.121. The van der Waals surface area contributed by atoms with E-state index in [0.29, 0.717) is 25.1 Å². The first kappa shape index (κ1) is 13.8. The van der Waals surface area contributed by atoms with Gasteiger partial charge in [-0.3, -0.25) is 4.79 Å². The maximum atomic E-state index is 12.2. The molecule has 0 saturated carbocycles. The van der Waals surface area contributed by atoms with Crippen molar-refractivity contribution in [2.45, 2.75) is 18.9 Å². The van der Waals surface area contributed by atoms with Crippen molar-refractivity contribution < 1.29 is 19.8 Å². The average Bonchev–Trinajstić information content (AvgIpc) is 2.92. The van der Waals surface area contributed by atoms with E-state index in [1.807, 2.05) is 0 Å². The first-order chi connectivity index (χ1) is 8.87. The van der Waals surface area contributed by atoms with Gasteiger partial charge in [-0.1, -0.05) is 0 Å². The van der Waals surface area contributed by atoms with Gasteiger partial charge in [-0.15, -0.1) is 11.3 Å². The maximum Gasteiger partial charge on any atom is 0.328 e. The average molecular weight is 281 g/mol. The molecule has 0 bridgehead atoms. The Hall–Kier alpha value is -1.66. The third kappa shape index (κ3) is 3.42. The first-order valence-corrected chi connectivity index (χ1v) is 6.76. The second-order valence-electron chi connectivity index (χ2n) is 4.88. The molecule has 0 spiro atoms. The minimum atomic E-state index is -1.02. The van der Waals surface area contributed by atoms with Crippen LogP contribution in [-0.2, 0) is 4.79 Å². The topological polar surface area (TPSA) is 77.8 Å². The second-order valence-corrected chi connectivity index (χ2v) is 5.83. The quantitative estimate of drug-likeness (QED) is 0.822. The Bertz CT molecular complexity index is 533. The summed E-state index contributed by atoms with van der Waals surface area (Å²) in [5, 5.41) is 20.1. The molecule has 1 aromatic heterocycles. The summed E-state index contributed by atoms with van der Waals surface area (Å²) in [6, 6.07) is 1.67. The van der Waals surface area contributed by atoms with Crippen molar-refractivity contribution >= 4 is 29.3 Å². The standard InChI is InChI=1S/C13H15NO4S/c1-13(18)4-5-14(8-13)12(17)9-6-10(19-7-9)2-3-11(15)16/h2-3,6-7,18H,4-5,8H2,1H3,(H,15,16)/b3-2+. The van der Waals surface area contributed by atoms with E-state index in [1.54, 1.807) is 23.3 Å². The molecule has 6 heteroatoms. The Morgan fingerprint density at radius 1 is 1.53 bits per heavy atom. The molecule has 5 nitrogen and oxygen atoms in total. The van der Waals surface area contributed by atoms with Gasteiger partial charge in [-0.25, -0.2) is 4.79 Å². The van der Waals surface area contributed by atoms with E-state index in [-0.39, 0.29) is 5.91 Å². The smallest absolute Gasteiger partial charge is 0.328 e. The molecule has 0 aliphatic carbocycles. The first-order valence-electron chi connectivity index (χ1n) is 5.89. The lowest BCUT2D eigenvalue weighted by atomic mass is 10.1. The number of hydrogen-bond donors (Lipinski definition) is 2. The summed E-state index contributed by atoms with van der Waals surface area (Å²) in [7, 11) is 0. The number of β-amino-alcohol motifs (C(OH)–C–C–N with tert-alkyl or cyclic N) is 1. The van der Waals surface area contributed by atoms with Crippen LogP contribution in [0.4, 0.5) is 0 Å². The van der Waals surface area contributed by atoms with Crippen LogP contribution in [0.25, 0.3) is 6.08 Å². The fourth-order valence-corrected chi connectivity index (χ4v) is 2.78. The third-order valence-corrected chi connectivity index (χ3v) is 3.89. The second kappa shape index (κ2) is 5.14. The SMILES string of the molecule is CC1(O)CCN(C(=O)c2csc(/C=C/C(=O)O)c2)C1. The number of carbonyl (C=O) groups is 2. The number of hydrogen-bond acceptors (Lipinski definition) is 4. The van der Waals surface area contributed by atoms with E-state index in [2.05, 4.69) is 0 Å². The van der Waals surface area contributed by atoms with Crippen LogP contribution in [0.15, 0.2) is 17.5 Å². The highest BCUT2D eigenvalue weighted by Gasteiger charge is 2.34. The van der Waals surface area contributed by atoms with Gasteiger partial charge in [0.05, 0.1) is 11.2 Å². The lowest BCUT2D eigenvalue weighted by molar-refractivity contribution is -0.131. The zero-order valence-corrected chi connectivity index (χ0v) is 11.3. The summed E-state index contributed by atoms with van der Waals surface area (Å²) in [5.74, 6) is -1.14. The fourth-order valence-electron chi connectivity index (χ4n) is 2.01. The van der Waals surface area contributed by atoms with Crippen LogP contribution in [0.3, 0.4) is 0 Å². The van der Waals surface area contributed by atoms with Gasteiger partial charge in [-0.2, -0.15) is 0 Å². The molecular formula is C13H15NO4S. The number of aliphatic hydroxyl groups is 1. The molecule has 1 aromatic rings. The molecule has 1 unspecified atom stereocenters. The summed E-state index contributed by atoms with van der Waals surface area (Å²) < 4.78 is 0. The highest BCUT2D eigenvalue weighted by Crippen LogP contribution is 2.24. The van der Waals surface area contributed by atoms with Gasteiger partial charge in [0.15, 0.2) is 0 Å². The molecule has 1 atom stereocenters. The van der Waals surface area contributed by atoms with Crippen LogP contribution >= 0.6 is 11.3 Å². The molecule has 1 aliphatic rings. The normalized spacial score (nSPS) is 23.2. The number of aliphatic carboxylic acids is 1. The van der Waals surface area contributed by atoms with Crippen LogP contribution < -0.4 is 0 Å². The van der Waals surface area contributed by atoms with Crippen molar-refractivity contribution in [1.82, 2.24) is 4.90 Å². The molecule has 1 saturated heterocycles. The molecule has 102 valence electrons. The Labute approximate surface area is 114 Å². The highest BCUT2D eigenvalue weighted by atomic mass is 32.1. The van der Waals surface area contributed by atoms with Gasteiger partial charge in [0.25, 0.3) is 5.91 Å². The van der Waals surface area contributed by atoms with E-state index in [0.717, 1.165) is 11.0 Å². The molecular weight excluding hydrogens is 266 g/mol. The number of thiophene rings is 1. The molecule has 1 fully saturated rings. The number of carbonyl (C=O) groups excluding carboxylic acids is 1. The number of nitrogens with zero attached hydrogens (tertiary/aromatic N) is 1. The molecule has 2 N–H and O–H groups in total. The van der Waals surface area contributed by atoms with Gasteiger partial charge < -0.3 is 15.1 Å². The summed E-state index contributed by atoms with van der Waals surface area (Å²) in [4.78, 5) is 24.9. The fraction of sp³-hybridized carbons (Fsp3) is 0.385. The number of amides is 1. The van der Waals surface area contributed by atoms with Gasteiger partial charge >= 0.3 is 5.97 Å². The van der Waals surface area contributed by atoms with Gasteiger partial charge in [0.2, 0.25) is 0 Å². The van der Waals surface area contributed by atoms with Crippen LogP contribution in [0.1, 0.15) is 28.6 Å². The van der Waals surface area contributed by atoms with E-state index < -0.39 is 11.6 Å². The summed E-state index contributed by atoms with van der Waals surface area (Å²) in [6.07, 6.45) is 3.08. The van der Waals surface area contributed by atoms with Crippen LogP contribution in [0.2, 0.25) is 0 Å². The molecule has 1 amide bonds. The highest BCUT2D eigenvalue weighted by molar-refractivity contribution is 7.11. The van der Waals surface area contributed by atoms with E-state index in [1.165, 1.54) is 17.4 Å². The van der Waals surface area contributed by atoms with Crippen molar-refractivity contribution in [3.05, 3.63) is 28.0 Å². The Balaban J connectivity index is 2.07. The zero-order valence-electron chi connectivity index (χ0n) is 10.5. The summed E-state index contributed by atoms with van der Waals surface area (Å²) in [5.41, 5.74) is -0.273. The summed E-state index contributed by atoms with van der Waals surface area (Å²) in [6.45, 7) is 2.60. The predicted molar refractivity (Wildman–Crippen MR) is 72.1 cm³/mol. The number of carboxylic acid groups (broad SMARTS) is 1. The zero-order chi connectivity index (χ0) is 14.0. The number of carboxylic acids is 1. The molecule has 0 radical (unpaired) electrons. The monoisotopic (exact) mass is 281 g/mol. The van der Waals surface area contributed by atoms with E-state index in [4.69, 9.17) is 5.11 Å². The van der Waals surface area contributed by atoms with Crippen molar-refractivity contribution in [2.24, 2.45) is 0 Å². The van der Waals surface area contributed by atoms with Gasteiger partial charge in [-0.05, 0) is 25.5 Å². The van der Waals surface area contributed by atoms with Crippen LogP contribution in [0.5, 0.6) is 0 Å². The van der Waals surface area contributed by atoms with Gasteiger partial charge in [0, 0.05) is 29.4 Å². The predicted octanol–water partition coefficient (Wildman–Crippen LogP) is 1.44. The minimum Gasteiger partial charge on any atom is -0.478 e. The number of likely N-dealkylation sites (tertiary alicyclic amines) is 1. The largest absolute Gasteiger partial charge is 0.478 e. The van der Waals surface area contributed by atoms with Crippen LogP contribution in [-0.4, -0.2) is 45.7 Å². The van der Waals surface area contributed by atoms with E-state index >= 15 is 0 Å². The van der Waals surface area contributed by atoms with Crippen molar-refractivity contribution in [3.8, 4) is 0 Å². The van der Waals surface area contributed by atoms with Crippen molar-refractivity contribution in [1.29, 1.82) is 0 Å². The molecule has 1 aliphatic heterocycles. The lowest BCUT2D eigenvalue weighted by Gasteiger charge is -2.18. The number of rotatable bonds is 3. The molecule has 2 rings (SSSR count). The lowest BCUT2D eigenvalue weighted by Crippen LogP contribution is -2.33. The Morgan fingerprint density at radius 3 is 2.84 bits per heavy atom. The van der Waals surface area contributed by atoms with Crippen molar-refractivity contribution in [3.63, 3.8) is 0 Å². The van der Waals surface area contributed by atoms with E-state index in [9.17, 15) is 14.7 Å². The third-order valence-electron chi connectivity index (χ3n) is 3.00. The maximum absolute atomic E-state index is 12.2. The van der Waals surface area contributed by atoms with Crippen molar-refractivity contribution in [2.75, 3.05) is 13.1 Å². The molecule has 2 heterocycles. The Kier molecular flexibility index (Phi) is 3.73. The summed E-state index contributed by atoms with van der Waals surface area (Å²) >= 11 is 1.32.